The van der Waals surface area contributed by atoms with Crippen LogP contribution in [0.1, 0.15) is 6.42 Å². The number of hydrogen-bond acceptors (Lipinski definition) is 6. The Bertz CT molecular complexity index is 728. The van der Waals surface area contributed by atoms with Crippen LogP contribution < -0.4 is 14.8 Å². The van der Waals surface area contributed by atoms with Crippen LogP contribution >= 0.6 is 12.4 Å². The lowest BCUT2D eigenvalue weighted by Crippen LogP contribution is -2.49. The van der Waals surface area contributed by atoms with E-state index in [9.17, 15) is 12.8 Å². The first-order chi connectivity index (χ1) is 12.0. The fraction of sp³-hybridized carbons (Fsp3) is 0.625. The third-order valence-electron chi connectivity index (χ3n) is 4.85. The Morgan fingerprint density at radius 3 is 2.35 bits per heavy atom. The quantitative estimate of drug-likeness (QED) is 0.780. The Morgan fingerprint density at radius 1 is 1.12 bits per heavy atom. The van der Waals surface area contributed by atoms with Crippen molar-refractivity contribution in [2.45, 2.75) is 17.4 Å². The van der Waals surface area contributed by atoms with Crippen molar-refractivity contribution in [1.29, 1.82) is 0 Å². The summed E-state index contributed by atoms with van der Waals surface area (Å²) in [5.41, 5.74) is 0. The zero-order valence-corrected chi connectivity index (χ0v) is 16.5. The number of methoxy groups -OCH3 is 2. The van der Waals surface area contributed by atoms with E-state index in [2.05, 4.69) is 10.2 Å². The summed E-state index contributed by atoms with van der Waals surface area (Å²) in [6, 6.07) is 2.43. The van der Waals surface area contributed by atoms with Gasteiger partial charge in [-0.15, -0.1) is 12.4 Å². The summed E-state index contributed by atoms with van der Waals surface area (Å²) in [6.07, 6.45) is 0.758. The van der Waals surface area contributed by atoms with Crippen molar-refractivity contribution >= 4 is 22.4 Å². The van der Waals surface area contributed by atoms with Crippen LogP contribution in [0.5, 0.6) is 11.5 Å². The van der Waals surface area contributed by atoms with Crippen LogP contribution in [0.15, 0.2) is 17.0 Å². The maximum Gasteiger partial charge on any atom is 0.246 e. The van der Waals surface area contributed by atoms with Gasteiger partial charge in [-0.1, -0.05) is 0 Å². The van der Waals surface area contributed by atoms with E-state index in [4.69, 9.17) is 9.47 Å². The number of rotatable bonds is 5. The fourth-order valence-electron chi connectivity index (χ4n) is 3.45. The van der Waals surface area contributed by atoms with Crippen molar-refractivity contribution in [3.63, 3.8) is 0 Å². The van der Waals surface area contributed by atoms with Gasteiger partial charge in [-0.3, -0.25) is 4.90 Å². The predicted octanol–water partition coefficient (Wildman–Crippen LogP) is 0.933. The highest BCUT2D eigenvalue weighted by Crippen LogP contribution is 2.34. The molecule has 1 unspecified atom stereocenters. The first-order valence-electron chi connectivity index (χ1n) is 8.34. The van der Waals surface area contributed by atoms with Gasteiger partial charge in [0.1, 0.15) is 10.7 Å². The average molecular weight is 410 g/mol. The van der Waals surface area contributed by atoms with Crippen molar-refractivity contribution in [2.75, 3.05) is 53.5 Å². The minimum Gasteiger partial charge on any atom is -0.493 e. The standard InChI is InChI=1S/C16H24FN3O4S.ClH/c1-23-14-9-13(17)16(10-15(14)24-2)25(21,22)20-6-3-12(11-20)19-7-4-18-5-8-19;/h9-10,12,18H,3-8,11H2,1-2H3;1H. The Hall–Kier alpha value is -1.13. The van der Waals surface area contributed by atoms with Crippen LogP contribution in [-0.2, 0) is 10.0 Å². The van der Waals surface area contributed by atoms with E-state index < -0.39 is 15.8 Å². The maximum atomic E-state index is 14.4. The van der Waals surface area contributed by atoms with Crippen molar-refractivity contribution in [3.8, 4) is 11.5 Å². The van der Waals surface area contributed by atoms with Gasteiger partial charge in [0.05, 0.1) is 14.2 Å². The van der Waals surface area contributed by atoms with Gasteiger partial charge in [0.25, 0.3) is 0 Å². The van der Waals surface area contributed by atoms with Crippen molar-refractivity contribution in [1.82, 2.24) is 14.5 Å². The molecule has 26 heavy (non-hydrogen) atoms. The van der Waals surface area contributed by atoms with E-state index in [-0.39, 0.29) is 34.8 Å². The predicted molar refractivity (Wildman–Crippen MR) is 98.4 cm³/mol. The van der Waals surface area contributed by atoms with Gasteiger partial charge in [-0.25, -0.2) is 12.8 Å². The number of nitrogens with zero attached hydrogens (tertiary/aromatic N) is 2. The molecule has 0 bridgehead atoms. The van der Waals surface area contributed by atoms with Gasteiger partial charge < -0.3 is 14.8 Å². The number of ether oxygens (including phenoxy) is 2. The number of hydrogen-bond donors (Lipinski definition) is 1. The zero-order chi connectivity index (χ0) is 18.0. The highest BCUT2D eigenvalue weighted by atomic mass is 35.5. The summed E-state index contributed by atoms with van der Waals surface area (Å²) >= 11 is 0. The highest BCUT2D eigenvalue weighted by Gasteiger charge is 2.37. The normalized spacial score (nSPS) is 22.0. The van der Waals surface area contributed by atoms with E-state index >= 15 is 0 Å². The van der Waals surface area contributed by atoms with Gasteiger partial charge >= 0.3 is 0 Å². The van der Waals surface area contributed by atoms with Crippen LogP contribution in [0.2, 0.25) is 0 Å². The highest BCUT2D eigenvalue weighted by molar-refractivity contribution is 7.89. The maximum absolute atomic E-state index is 14.4. The number of halogens is 2. The lowest BCUT2D eigenvalue weighted by atomic mass is 10.2. The molecule has 1 aromatic carbocycles. The van der Waals surface area contributed by atoms with Crippen LogP contribution in [0.3, 0.4) is 0 Å². The number of piperazine rings is 1. The minimum absolute atomic E-state index is 0. The number of benzene rings is 1. The number of nitrogens with one attached hydrogen (secondary N) is 1. The molecule has 3 rings (SSSR count). The molecule has 1 aromatic rings. The monoisotopic (exact) mass is 409 g/mol. The van der Waals surface area contributed by atoms with Gasteiger partial charge in [-0.2, -0.15) is 4.31 Å². The molecular weight excluding hydrogens is 385 g/mol. The van der Waals surface area contributed by atoms with E-state index in [1.54, 1.807) is 0 Å². The van der Waals surface area contributed by atoms with Crippen LogP contribution in [0.25, 0.3) is 0 Å². The van der Waals surface area contributed by atoms with Crippen LogP contribution in [-0.4, -0.2) is 77.2 Å². The largest absolute Gasteiger partial charge is 0.493 e. The van der Waals surface area contributed by atoms with E-state index in [0.29, 0.717) is 13.1 Å². The van der Waals surface area contributed by atoms with Crippen molar-refractivity contribution < 1.29 is 22.3 Å². The minimum atomic E-state index is -3.92. The average Bonchev–Trinajstić information content (AvgIpc) is 3.13. The fourth-order valence-corrected chi connectivity index (χ4v) is 5.00. The molecule has 0 saturated carbocycles. The number of sulfonamides is 1. The van der Waals surface area contributed by atoms with Gasteiger partial charge in [0.15, 0.2) is 11.5 Å². The van der Waals surface area contributed by atoms with Crippen LogP contribution in [0, 0.1) is 5.82 Å². The van der Waals surface area contributed by atoms with Gasteiger partial charge in [0.2, 0.25) is 10.0 Å². The second-order valence-electron chi connectivity index (χ2n) is 6.23. The molecule has 2 heterocycles. The summed E-state index contributed by atoms with van der Waals surface area (Å²) in [5.74, 6) is -0.470. The molecule has 0 aliphatic carbocycles. The molecule has 1 N–H and O–H groups in total. The van der Waals surface area contributed by atoms with E-state index in [1.807, 2.05) is 0 Å². The second kappa shape index (κ2) is 8.71. The topological polar surface area (TPSA) is 71.1 Å². The van der Waals surface area contributed by atoms with Crippen molar-refractivity contribution in [3.05, 3.63) is 17.9 Å². The second-order valence-corrected chi connectivity index (χ2v) is 8.14. The summed E-state index contributed by atoms with van der Waals surface area (Å²) < 4.78 is 51.7. The smallest absolute Gasteiger partial charge is 0.246 e. The third kappa shape index (κ3) is 4.07. The Balaban J connectivity index is 0.00000243. The Morgan fingerprint density at radius 2 is 1.73 bits per heavy atom. The van der Waals surface area contributed by atoms with Gasteiger partial charge in [-0.05, 0) is 6.42 Å². The van der Waals surface area contributed by atoms with E-state index in [0.717, 1.165) is 38.7 Å². The molecule has 0 radical (unpaired) electrons. The molecule has 0 spiro atoms. The summed E-state index contributed by atoms with van der Waals surface area (Å²) in [6.45, 7) is 4.41. The van der Waals surface area contributed by atoms with Crippen LogP contribution in [0.4, 0.5) is 4.39 Å². The lowest BCUT2D eigenvalue weighted by Gasteiger charge is -2.32. The van der Waals surface area contributed by atoms with E-state index in [1.165, 1.54) is 24.6 Å². The molecule has 0 amide bonds. The molecule has 0 aromatic heterocycles. The van der Waals surface area contributed by atoms with Gasteiger partial charge in [0, 0.05) is 57.4 Å². The summed E-state index contributed by atoms with van der Waals surface area (Å²) in [4.78, 5) is 1.93. The zero-order valence-electron chi connectivity index (χ0n) is 14.9. The Kier molecular flexibility index (Phi) is 7.09. The molecule has 10 heteroatoms. The molecule has 2 aliphatic heterocycles. The molecule has 1 atom stereocenters. The SMILES string of the molecule is COc1cc(F)c(S(=O)(=O)N2CCC(N3CCNCC3)C2)cc1OC.Cl. The third-order valence-corrected chi connectivity index (χ3v) is 6.73. The summed E-state index contributed by atoms with van der Waals surface area (Å²) in [7, 11) is -1.15. The molecular formula is C16H25ClFN3O4S. The molecule has 2 saturated heterocycles. The summed E-state index contributed by atoms with van der Waals surface area (Å²) in [5, 5.41) is 3.29. The molecule has 7 nitrogen and oxygen atoms in total. The first kappa shape index (κ1) is 21.2. The Labute approximate surface area is 159 Å². The molecule has 2 aliphatic rings. The molecule has 2 fully saturated rings. The lowest BCUT2D eigenvalue weighted by molar-refractivity contribution is 0.179. The first-order valence-corrected chi connectivity index (χ1v) is 9.78. The van der Waals surface area contributed by atoms with Crippen molar-refractivity contribution in [2.24, 2.45) is 0 Å². The molecule has 148 valence electrons.